The number of hydrogen-bond donors (Lipinski definition) is 0. The van der Waals surface area contributed by atoms with Crippen LogP contribution in [-0.2, 0) is 27.2 Å². The molecule has 9 nitrogen and oxygen atoms in total. The molecule has 1 spiro atoms. The van der Waals surface area contributed by atoms with Crippen molar-refractivity contribution in [1.29, 1.82) is 0 Å². The number of carbonyl (C=O) groups is 1. The van der Waals surface area contributed by atoms with Crippen LogP contribution < -0.4 is 5.56 Å². The van der Waals surface area contributed by atoms with Crippen LogP contribution in [0.2, 0.25) is 0 Å². The van der Waals surface area contributed by atoms with E-state index in [1.165, 1.54) is 4.68 Å². The van der Waals surface area contributed by atoms with Crippen molar-refractivity contribution < 1.29 is 18.7 Å². The Morgan fingerprint density at radius 1 is 1.21 bits per heavy atom. The van der Waals surface area contributed by atoms with Crippen LogP contribution in [-0.4, -0.2) is 57.1 Å². The Hall–Kier alpha value is -2.65. The summed E-state index contributed by atoms with van der Waals surface area (Å²) in [4.78, 5) is 27.5. The first-order chi connectivity index (χ1) is 13.6. The van der Waals surface area contributed by atoms with Gasteiger partial charge in [0.1, 0.15) is 17.9 Å². The largest absolute Gasteiger partial charge is 0.463 e. The Morgan fingerprint density at radius 3 is 2.68 bits per heavy atom. The van der Waals surface area contributed by atoms with Crippen LogP contribution in [0.3, 0.4) is 0 Å². The Balaban J connectivity index is 1.41. The van der Waals surface area contributed by atoms with Crippen molar-refractivity contribution in [2.24, 2.45) is 0 Å². The van der Waals surface area contributed by atoms with E-state index in [1.54, 1.807) is 17.2 Å². The number of aromatic nitrogens is 3. The second kappa shape index (κ2) is 6.46. The average Bonchev–Trinajstić information content (AvgIpc) is 3.41. The van der Waals surface area contributed by atoms with E-state index in [9.17, 15) is 9.59 Å². The Morgan fingerprint density at radius 2 is 1.96 bits per heavy atom. The summed E-state index contributed by atoms with van der Waals surface area (Å²) in [6.07, 6.45) is 3.51. The first-order valence-corrected chi connectivity index (χ1v) is 9.64. The Kier molecular flexibility index (Phi) is 4.02. The number of fused-ring (bicyclic) bond motifs is 3. The fraction of sp³-hybridized carbons (Fsp3) is 0.526. The molecule has 2 saturated heterocycles. The molecular formula is C19H22N4O5. The molecular weight excluding hydrogens is 364 g/mol. The van der Waals surface area contributed by atoms with E-state index in [1.807, 2.05) is 17.4 Å². The number of likely N-dealkylation sites (tertiary alicyclic amines) is 1. The quantitative estimate of drug-likeness (QED) is 0.671. The maximum Gasteiger partial charge on any atom is 0.291 e. The van der Waals surface area contributed by atoms with E-state index >= 15 is 0 Å². The zero-order valence-electron chi connectivity index (χ0n) is 15.7. The Bertz CT molecular complexity index is 1090. The van der Waals surface area contributed by atoms with Gasteiger partial charge in [-0.15, -0.1) is 0 Å². The van der Waals surface area contributed by atoms with Crippen LogP contribution in [0.25, 0.3) is 16.6 Å². The summed E-state index contributed by atoms with van der Waals surface area (Å²) < 4.78 is 19.9. The Labute approximate surface area is 160 Å². The van der Waals surface area contributed by atoms with Crippen LogP contribution in [0.15, 0.2) is 27.6 Å². The molecule has 2 fully saturated rings. The topological polar surface area (TPSA) is 91.2 Å². The number of furan rings is 1. The highest BCUT2D eigenvalue weighted by atomic mass is 16.7. The molecule has 0 N–H and O–H groups in total. The molecule has 0 aliphatic carbocycles. The lowest BCUT2D eigenvalue weighted by molar-refractivity contribution is -0.187. The second-order valence-corrected chi connectivity index (χ2v) is 7.26. The smallest absolute Gasteiger partial charge is 0.291 e. The third-order valence-corrected chi connectivity index (χ3v) is 5.66. The van der Waals surface area contributed by atoms with Gasteiger partial charge in [-0.2, -0.15) is 5.10 Å². The highest BCUT2D eigenvalue weighted by Crippen LogP contribution is 2.31. The maximum atomic E-state index is 12.9. The average molecular weight is 386 g/mol. The minimum absolute atomic E-state index is 0.0798. The predicted molar refractivity (Wildman–Crippen MR) is 99.1 cm³/mol. The van der Waals surface area contributed by atoms with Gasteiger partial charge >= 0.3 is 0 Å². The van der Waals surface area contributed by atoms with Crippen LogP contribution in [0.1, 0.15) is 25.6 Å². The molecule has 2 aliphatic rings. The van der Waals surface area contributed by atoms with Gasteiger partial charge in [-0.05, 0) is 0 Å². The van der Waals surface area contributed by atoms with Crippen molar-refractivity contribution in [3.8, 4) is 0 Å². The summed E-state index contributed by atoms with van der Waals surface area (Å²) in [5, 5.41) is 4.46. The van der Waals surface area contributed by atoms with E-state index in [0.717, 1.165) is 5.52 Å². The molecule has 5 heterocycles. The summed E-state index contributed by atoms with van der Waals surface area (Å²) in [6, 6.07) is 3.52. The van der Waals surface area contributed by atoms with Crippen molar-refractivity contribution >= 4 is 22.5 Å². The standard InChI is InChI=1S/C19H22N4O5/c1-2-16-20-22(18(25)14-11-15-13(23(14)16)3-8-26-15)12-17(24)21-6-4-19(5-7-21)27-9-10-28-19/h3,8,11H,2,4-7,9-10,12H2,1H3. The monoisotopic (exact) mass is 386 g/mol. The van der Waals surface area contributed by atoms with Crippen LogP contribution in [0.4, 0.5) is 0 Å². The van der Waals surface area contributed by atoms with Gasteiger partial charge in [0.15, 0.2) is 11.4 Å². The number of aryl methyl sites for hydroxylation is 1. The number of nitrogens with zero attached hydrogens (tertiary/aromatic N) is 4. The lowest BCUT2D eigenvalue weighted by atomic mass is 10.0. The van der Waals surface area contributed by atoms with Gasteiger partial charge in [0.05, 0.1) is 25.0 Å². The highest BCUT2D eigenvalue weighted by molar-refractivity contribution is 5.82. The molecule has 5 rings (SSSR count). The third-order valence-electron chi connectivity index (χ3n) is 5.66. The summed E-state index contributed by atoms with van der Waals surface area (Å²) >= 11 is 0. The molecule has 0 unspecified atom stereocenters. The first-order valence-electron chi connectivity index (χ1n) is 9.64. The molecule has 0 radical (unpaired) electrons. The molecule has 3 aromatic rings. The van der Waals surface area contributed by atoms with Gasteiger partial charge in [-0.25, -0.2) is 4.68 Å². The van der Waals surface area contributed by atoms with Crippen molar-refractivity contribution in [1.82, 2.24) is 19.1 Å². The van der Waals surface area contributed by atoms with Crippen molar-refractivity contribution in [3.63, 3.8) is 0 Å². The van der Waals surface area contributed by atoms with Crippen molar-refractivity contribution in [2.45, 2.75) is 38.5 Å². The third kappa shape index (κ3) is 2.65. The molecule has 148 valence electrons. The second-order valence-electron chi connectivity index (χ2n) is 7.26. The van der Waals surface area contributed by atoms with Gasteiger partial charge in [0.2, 0.25) is 5.91 Å². The van der Waals surface area contributed by atoms with E-state index in [0.29, 0.717) is 62.5 Å². The molecule has 1 amide bonds. The lowest BCUT2D eigenvalue weighted by Gasteiger charge is -2.37. The van der Waals surface area contributed by atoms with E-state index in [-0.39, 0.29) is 18.0 Å². The molecule has 3 aromatic heterocycles. The van der Waals surface area contributed by atoms with Gasteiger partial charge in [-0.3, -0.25) is 14.0 Å². The van der Waals surface area contributed by atoms with Crippen molar-refractivity contribution in [3.05, 3.63) is 34.6 Å². The highest BCUT2D eigenvalue weighted by Gasteiger charge is 2.40. The van der Waals surface area contributed by atoms with Gasteiger partial charge < -0.3 is 18.8 Å². The van der Waals surface area contributed by atoms with E-state index in [2.05, 4.69) is 5.10 Å². The molecule has 28 heavy (non-hydrogen) atoms. The summed E-state index contributed by atoms with van der Waals surface area (Å²) in [5.41, 5.74) is 1.62. The van der Waals surface area contributed by atoms with E-state index < -0.39 is 5.79 Å². The zero-order chi connectivity index (χ0) is 19.3. The number of amides is 1. The number of rotatable bonds is 3. The molecule has 2 aliphatic heterocycles. The predicted octanol–water partition coefficient (Wildman–Crippen LogP) is 1.17. The van der Waals surface area contributed by atoms with Crippen molar-refractivity contribution in [2.75, 3.05) is 26.3 Å². The fourth-order valence-electron chi connectivity index (χ4n) is 4.17. The van der Waals surface area contributed by atoms with Crippen LogP contribution in [0, 0.1) is 0 Å². The SMILES string of the molecule is CCc1nn(CC(=O)N2CCC3(CC2)OCCO3)c(=O)c2cc3occc3n12. The summed E-state index contributed by atoms with van der Waals surface area (Å²) in [6.45, 7) is 4.20. The normalized spacial score (nSPS) is 19.2. The molecule has 0 aromatic carbocycles. The molecule has 0 saturated carbocycles. The van der Waals surface area contributed by atoms with E-state index in [4.69, 9.17) is 13.9 Å². The minimum atomic E-state index is -0.528. The maximum absolute atomic E-state index is 12.9. The number of hydrogen-bond acceptors (Lipinski definition) is 6. The lowest BCUT2D eigenvalue weighted by Crippen LogP contribution is -2.48. The van der Waals surface area contributed by atoms with Gasteiger partial charge in [0, 0.05) is 44.5 Å². The zero-order valence-corrected chi connectivity index (χ0v) is 15.7. The molecule has 9 heteroatoms. The summed E-state index contributed by atoms with van der Waals surface area (Å²) in [5.74, 6) is 0.0634. The summed E-state index contributed by atoms with van der Waals surface area (Å²) in [7, 11) is 0. The van der Waals surface area contributed by atoms with Gasteiger partial charge in [0.25, 0.3) is 5.56 Å². The number of piperidine rings is 1. The molecule has 0 atom stereocenters. The minimum Gasteiger partial charge on any atom is -0.463 e. The fourth-order valence-corrected chi connectivity index (χ4v) is 4.17. The molecule has 0 bridgehead atoms. The number of carbonyl (C=O) groups excluding carboxylic acids is 1. The number of ether oxygens (including phenoxy) is 2. The van der Waals surface area contributed by atoms with Crippen LogP contribution in [0.5, 0.6) is 0 Å². The first kappa shape index (κ1) is 17.4. The van der Waals surface area contributed by atoms with Gasteiger partial charge in [-0.1, -0.05) is 6.92 Å². The van der Waals surface area contributed by atoms with Crippen LogP contribution >= 0.6 is 0 Å².